The first-order valence-corrected chi connectivity index (χ1v) is 14.0. The number of hydrogen-bond donors (Lipinski definition) is 1. The van der Waals surface area contributed by atoms with Gasteiger partial charge in [0.05, 0.1) is 10.6 Å². The summed E-state index contributed by atoms with van der Waals surface area (Å²) in [7, 11) is -4.32. The summed E-state index contributed by atoms with van der Waals surface area (Å²) in [6.07, 6.45) is 0.709. The summed E-state index contributed by atoms with van der Waals surface area (Å²) < 4.78 is 43.1. The van der Waals surface area contributed by atoms with E-state index in [2.05, 4.69) is 5.32 Å². The second-order valence-corrected chi connectivity index (χ2v) is 11.1. The first kappa shape index (κ1) is 28.8. The summed E-state index contributed by atoms with van der Waals surface area (Å²) >= 11 is 0. The molecule has 0 aliphatic carbocycles. The molecule has 0 spiro atoms. The van der Waals surface area contributed by atoms with Gasteiger partial charge in [-0.05, 0) is 57.0 Å². The number of nitrogens with one attached hydrogen (secondary N) is 1. The van der Waals surface area contributed by atoms with Gasteiger partial charge in [-0.15, -0.1) is 0 Å². The summed E-state index contributed by atoms with van der Waals surface area (Å²) in [5.74, 6) is -1.78. The van der Waals surface area contributed by atoms with Crippen molar-refractivity contribution in [1.29, 1.82) is 0 Å². The molecule has 2 amide bonds. The number of carbonyl (C=O) groups excluding carboxylic acids is 2. The molecule has 7 nitrogen and oxygen atoms in total. The van der Waals surface area contributed by atoms with Crippen LogP contribution in [-0.4, -0.2) is 43.8 Å². The van der Waals surface area contributed by atoms with Gasteiger partial charge in [0.25, 0.3) is 10.0 Å². The molecule has 0 radical (unpaired) electrons. The smallest absolute Gasteiger partial charge is 0.264 e. The van der Waals surface area contributed by atoms with Gasteiger partial charge in [-0.2, -0.15) is 0 Å². The molecule has 3 aromatic rings. The second-order valence-electron chi connectivity index (χ2n) is 9.28. The van der Waals surface area contributed by atoms with Crippen molar-refractivity contribution in [3.63, 3.8) is 0 Å². The van der Waals surface area contributed by atoms with Gasteiger partial charge in [-0.3, -0.25) is 13.9 Å². The molecule has 0 bridgehead atoms. The first-order chi connectivity index (χ1) is 18.0. The molecule has 38 heavy (non-hydrogen) atoms. The van der Waals surface area contributed by atoms with Crippen molar-refractivity contribution in [3.8, 4) is 0 Å². The lowest BCUT2D eigenvalue weighted by Gasteiger charge is -2.32. The van der Waals surface area contributed by atoms with E-state index >= 15 is 0 Å². The maximum absolute atomic E-state index is 14.9. The Morgan fingerprint density at radius 1 is 0.921 bits per heavy atom. The highest BCUT2D eigenvalue weighted by Crippen LogP contribution is 2.27. The fraction of sp³-hybridized carbons (Fsp3) is 0.310. The van der Waals surface area contributed by atoms with Crippen LogP contribution in [0, 0.1) is 12.7 Å². The van der Waals surface area contributed by atoms with Crippen LogP contribution in [0.15, 0.2) is 83.8 Å². The number of amides is 2. The number of sulfonamides is 1. The molecule has 0 aliphatic rings. The third-order valence-corrected chi connectivity index (χ3v) is 8.15. The monoisotopic (exact) mass is 539 g/mol. The Hall–Kier alpha value is -3.72. The van der Waals surface area contributed by atoms with E-state index in [1.165, 1.54) is 35.2 Å². The van der Waals surface area contributed by atoms with Crippen LogP contribution in [0.3, 0.4) is 0 Å². The maximum atomic E-state index is 14.9. The molecular weight excluding hydrogens is 505 g/mol. The van der Waals surface area contributed by atoms with Gasteiger partial charge in [0.15, 0.2) is 0 Å². The molecule has 0 unspecified atom stereocenters. The molecule has 0 aromatic heterocycles. The molecule has 202 valence electrons. The van der Waals surface area contributed by atoms with Crippen LogP contribution in [0.2, 0.25) is 0 Å². The first-order valence-electron chi connectivity index (χ1n) is 12.5. The van der Waals surface area contributed by atoms with Crippen LogP contribution >= 0.6 is 0 Å². The molecule has 0 fully saturated rings. The van der Waals surface area contributed by atoms with Crippen molar-refractivity contribution in [2.45, 2.75) is 57.6 Å². The fourth-order valence-corrected chi connectivity index (χ4v) is 5.25. The Morgan fingerprint density at radius 3 is 2.13 bits per heavy atom. The van der Waals surface area contributed by atoms with E-state index in [4.69, 9.17) is 0 Å². The molecule has 0 aliphatic heterocycles. The van der Waals surface area contributed by atoms with E-state index in [0.717, 1.165) is 21.5 Å². The van der Waals surface area contributed by atoms with Gasteiger partial charge in [-0.1, -0.05) is 67.1 Å². The van der Waals surface area contributed by atoms with Gasteiger partial charge in [-0.25, -0.2) is 12.8 Å². The highest BCUT2D eigenvalue weighted by Gasteiger charge is 2.33. The van der Waals surface area contributed by atoms with Crippen LogP contribution in [-0.2, 0) is 26.2 Å². The SMILES string of the molecule is CC[C@H](C)NC(=O)[C@H](C)N(Cc1ccccc1)C(=O)CN(c1ccccc1F)S(=O)(=O)c1ccc(C)cc1. The number of carbonyl (C=O) groups is 2. The van der Waals surface area contributed by atoms with Crippen molar-refractivity contribution < 1.29 is 22.4 Å². The minimum atomic E-state index is -4.32. The Morgan fingerprint density at radius 2 is 1.53 bits per heavy atom. The lowest BCUT2D eigenvalue weighted by atomic mass is 10.1. The zero-order chi connectivity index (χ0) is 27.9. The quantitative estimate of drug-likeness (QED) is 0.384. The maximum Gasteiger partial charge on any atom is 0.264 e. The molecule has 9 heteroatoms. The number of para-hydroxylation sites is 1. The van der Waals surface area contributed by atoms with E-state index in [0.29, 0.717) is 6.42 Å². The standard InChI is InChI=1S/C29H34FN3O4S/c1-5-22(3)31-29(35)23(4)32(19-24-11-7-6-8-12-24)28(34)20-33(27-14-10-9-13-26(27)30)38(36,37)25-17-15-21(2)16-18-25/h6-18,22-23H,5,19-20H2,1-4H3,(H,31,35)/t22-,23-/m0/s1. The van der Waals surface area contributed by atoms with Crippen LogP contribution in [0.5, 0.6) is 0 Å². The lowest BCUT2D eigenvalue weighted by Crippen LogP contribution is -2.52. The highest BCUT2D eigenvalue weighted by molar-refractivity contribution is 7.92. The summed E-state index contributed by atoms with van der Waals surface area (Å²) in [5.41, 5.74) is 1.37. The molecule has 3 aromatic carbocycles. The number of hydrogen-bond acceptors (Lipinski definition) is 4. The van der Waals surface area contributed by atoms with E-state index in [9.17, 15) is 22.4 Å². The average molecular weight is 540 g/mol. The molecule has 0 saturated carbocycles. The third-order valence-electron chi connectivity index (χ3n) is 6.37. The molecule has 3 rings (SSSR count). The van der Waals surface area contributed by atoms with Crippen molar-refractivity contribution in [3.05, 3.63) is 95.8 Å². The fourth-order valence-electron chi connectivity index (χ4n) is 3.83. The van der Waals surface area contributed by atoms with E-state index < -0.39 is 34.3 Å². The minimum absolute atomic E-state index is 0.0728. The van der Waals surface area contributed by atoms with Crippen molar-refractivity contribution in [2.24, 2.45) is 0 Å². The van der Waals surface area contributed by atoms with Gasteiger partial charge in [0.2, 0.25) is 11.8 Å². The number of benzene rings is 3. The van der Waals surface area contributed by atoms with Gasteiger partial charge in [0, 0.05) is 12.6 Å². The second kappa shape index (κ2) is 12.7. The summed E-state index contributed by atoms with van der Waals surface area (Å²) in [6.45, 7) is 6.60. The zero-order valence-corrected chi connectivity index (χ0v) is 22.9. The average Bonchev–Trinajstić information content (AvgIpc) is 2.91. The van der Waals surface area contributed by atoms with Crippen molar-refractivity contribution >= 4 is 27.5 Å². The predicted octanol–water partition coefficient (Wildman–Crippen LogP) is 4.66. The Bertz CT molecular complexity index is 1350. The van der Waals surface area contributed by atoms with Gasteiger partial charge in [0.1, 0.15) is 18.4 Å². The molecule has 2 atom stereocenters. The third kappa shape index (κ3) is 6.98. The van der Waals surface area contributed by atoms with Crippen LogP contribution < -0.4 is 9.62 Å². The number of rotatable bonds is 11. The largest absolute Gasteiger partial charge is 0.352 e. The predicted molar refractivity (Wildman–Crippen MR) is 146 cm³/mol. The molecule has 1 N–H and O–H groups in total. The summed E-state index contributed by atoms with van der Waals surface area (Å²) in [6, 6.07) is 19.6. The number of nitrogens with zero attached hydrogens (tertiary/aromatic N) is 2. The Kier molecular flexibility index (Phi) is 9.63. The topological polar surface area (TPSA) is 86.8 Å². The van der Waals surface area contributed by atoms with E-state index in [1.807, 2.05) is 51.1 Å². The summed E-state index contributed by atoms with van der Waals surface area (Å²) in [5, 5.41) is 2.88. The van der Waals surface area contributed by atoms with Crippen LogP contribution in [0.1, 0.15) is 38.3 Å². The summed E-state index contributed by atoms with van der Waals surface area (Å²) in [4.78, 5) is 28.1. The van der Waals surface area contributed by atoms with E-state index in [-0.39, 0.29) is 29.1 Å². The van der Waals surface area contributed by atoms with E-state index in [1.54, 1.807) is 19.1 Å². The van der Waals surface area contributed by atoms with Crippen molar-refractivity contribution in [1.82, 2.24) is 10.2 Å². The minimum Gasteiger partial charge on any atom is -0.352 e. The molecular formula is C29H34FN3O4S. The highest BCUT2D eigenvalue weighted by atomic mass is 32.2. The number of anilines is 1. The molecule has 0 saturated heterocycles. The van der Waals surface area contributed by atoms with Gasteiger partial charge < -0.3 is 10.2 Å². The number of aryl methyl sites for hydroxylation is 1. The normalized spacial score (nSPS) is 12.9. The number of halogens is 1. The molecule has 0 heterocycles. The Labute approximate surface area is 224 Å². The van der Waals surface area contributed by atoms with Crippen molar-refractivity contribution in [2.75, 3.05) is 10.8 Å². The van der Waals surface area contributed by atoms with Crippen LogP contribution in [0.25, 0.3) is 0 Å². The Balaban J connectivity index is 2.02. The zero-order valence-electron chi connectivity index (χ0n) is 22.1. The van der Waals surface area contributed by atoms with Gasteiger partial charge >= 0.3 is 0 Å². The van der Waals surface area contributed by atoms with Crippen LogP contribution in [0.4, 0.5) is 10.1 Å². The lowest BCUT2D eigenvalue weighted by molar-refractivity contribution is -0.139.